The Morgan fingerprint density at radius 1 is 1.23 bits per heavy atom. The van der Waals surface area contributed by atoms with Gasteiger partial charge < -0.3 is 9.84 Å². The van der Waals surface area contributed by atoms with Crippen molar-refractivity contribution in [1.82, 2.24) is 0 Å². The number of rotatable bonds is 8. The summed E-state index contributed by atoms with van der Waals surface area (Å²) in [6, 6.07) is 13.6. The number of ether oxygens (including phenoxy) is 1. The predicted octanol–water partition coefficient (Wildman–Crippen LogP) is 6.01. The molecule has 0 heterocycles. The number of hydrogen-bond acceptors (Lipinski definition) is 2. The molecule has 1 N–H and O–H groups in total. The minimum Gasteiger partial charge on any atom is -0.491 e. The molecule has 1 fully saturated rings. The molecule has 1 aliphatic rings. The molecule has 2 aromatic rings. The van der Waals surface area contributed by atoms with Gasteiger partial charge in [0.2, 0.25) is 0 Å². The summed E-state index contributed by atoms with van der Waals surface area (Å²) < 4.78 is 6.04. The molecular weight excluding hydrogens is 348 g/mol. The van der Waals surface area contributed by atoms with Crippen LogP contribution in [0, 0.1) is 11.8 Å². The van der Waals surface area contributed by atoms with Gasteiger partial charge in [-0.05, 0) is 54.4 Å². The molecule has 138 valence electrons. The van der Waals surface area contributed by atoms with E-state index in [0.717, 1.165) is 16.7 Å². The van der Waals surface area contributed by atoms with E-state index in [-0.39, 0.29) is 5.92 Å². The number of benzene rings is 2. The minimum absolute atomic E-state index is 0.279. The molecule has 0 saturated heterocycles. The van der Waals surface area contributed by atoms with Gasteiger partial charge in [-0.25, -0.2) is 0 Å². The number of carboxylic acid groups (broad SMARTS) is 1. The molecule has 1 unspecified atom stereocenters. The highest BCUT2D eigenvalue weighted by atomic mass is 35.5. The lowest BCUT2D eigenvalue weighted by molar-refractivity contribution is -0.139. The van der Waals surface area contributed by atoms with Crippen molar-refractivity contribution in [3.05, 3.63) is 53.1 Å². The lowest BCUT2D eigenvalue weighted by Gasteiger charge is -2.20. The molecule has 4 heteroatoms. The maximum Gasteiger partial charge on any atom is 0.310 e. The molecule has 1 atom stereocenters. The quantitative estimate of drug-likeness (QED) is 0.617. The van der Waals surface area contributed by atoms with Gasteiger partial charge in [0.1, 0.15) is 5.75 Å². The molecule has 3 nitrogen and oxygen atoms in total. The first-order chi connectivity index (χ1) is 12.5. The van der Waals surface area contributed by atoms with E-state index in [0.29, 0.717) is 29.7 Å². The number of hydrogen-bond donors (Lipinski definition) is 1. The van der Waals surface area contributed by atoms with Crippen molar-refractivity contribution in [2.45, 2.75) is 39.0 Å². The predicted molar refractivity (Wildman–Crippen MR) is 105 cm³/mol. The van der Waals surface area contributed by atoms with Gasteiger partial charge in [-0.1, -0.05) is 55.8 Å². The Hall–Kier alpha value is -2.00. The molecule has 1 saturated carbocycles. The third-order valence-corrected chi connectivity index (χ3v) is 5.00. The second-order valence-electron chi connectivity index (χ2n) is 7.52. The number of aliphatic carboxylic acids is 1. The van der Waals surface area contributed by atoms with Crippen LogP contribution in [0.2, 0.25) is 5.02 Å². The summed E-state index contributed by atoms with van der Waals surface area (Å²) in [7, 11) is 0. The minimum atomic E-state index is -0.819. The zero-order valence-corrected chi connectivity index (χ0v) is 16.0. The van der Waals surface area contributed by atoms with Crippen LogP contribution in [0.5, 0.6) is 5.75 Å². The van der Waals surface area contributed by atoms with Gasteiger partial charge in [0.25, 0.3) is 0 Å². The van der Waals surface area contributed by atoms with Gasteiger partial charge in [-0.2, -0.15) is 0 Å². The molecule has 0 spiro atoms. The first-order valence-corrected chi connectivity index (χ1v) is 9.58. The maximum atomic E-state index is 11.8. The van der Waals surface area contributed by atoms with Crippen LogP contribution in [-0.4, -0.2) is 17.7 Å². The summed E-state index contributed by atoms with van der Waals surface area (Å²) >= 11 is 6.56. The molecule has 3 rings (SSSR count). The first kappa shape index (κ1) is 18.8. The number of carboxylic acids is 1. The molecule has 1 aliphatic carbocycles. The standard InChI is InChI=1S/C22H25ClO3/c1-14(2)10-19(22(24)25)17-11-18(16-6-4-3-5-7-16)21(20(23)12-17)26-13-15-8-9-15/h3-7,11-12,14-15,19H,8-10,13H2,1-2H3,(H,24,25). The van der Waals surface area contributed by atoms with Gasteiger partial charge in [0.15, 0.2) is 0 Å². The Bertz CT molecular complexity index is 766. The summed E-state index contributed by atoms with van der Waals surface area (Å²) in [5.41, 5.74) is 2.58. The second-order valence-corrected chi connectivity index (χ2v) is 7.93. The van der Waals surface area contributed by atoms with E-state index in [1.165, 1.54) is 12.8 Å². The van der Waals surface area contributed by atoms with Gasteiger partial charge in [0, 0.05) is 5.56 Å². The molecule has 0 radical (unpaired) electrons. The van der Waals surface area contributed by atoms with Crippen LogP contribution in [0.4, 0.5) is 0 Å². The third-order valence-electron chi connectivity index (χ3n) is 4.72. The molecule has 0 bridgehead atoms. The van der Waals surface area contributed by atoms with Gasteiger partial charge in [-0.3, -0.25) is 4.79 Å². The zero-order valence-electron chi connectivity index (χ0n) is 15.2. The highest BCUT2D eigenvalue weighted by Crippen LogP contribution is 2.41. The van der Waals surface area contributed by atoms with Crippen molar-refractivity contribution in [1.29, 1.82) is 0 Å². The molecule has 0 aromatic heterocycles. The zero-order chi connectivity index (χ0) is 18.7. The second kappa shape index (κ2) is 8.13. The average Bonchev–Trinajstić information content (AvgIpc) is 3.43. The highest BCUT2D eigenvalue weighted by Gasteiger charge is 2.26. The SMILES string of the molecule is CC(C)CC(C(=O)O)c1cc(Cl)c(OCC2CC2)c(-c2ccccc2)c1. The fraction of sp³-hybridized carbons (Fsp3) is 0.409. The van der Waals surface area contributed by atoms with E-state index in [2.05, 4.69) is 0 Å². The van der Waals surface area contributed by atoms with E-state index < -0.39 is 11.9 Å². The van der Waals surface area contributed by atoms with E-state index in [1.807, 2.05) is 50.2 Å². The summed E-state index contributed by atoms with van der Waals surface area (Å²) in [6.07, 6.45) is 2.97. The van der Waals surface area contributed by atoms with Crippen LogP contribution >= 0.6 is 11.6 Å². The Labute approximate surface area is 160 Å². The monoisotopic (exact) mass is 372 g/mol. The fourth-order valence-electron chi connectivity index (χ4n) is 3.13. The van der Waals surface area contributed by atoms with Crippen LogP contribution in [0.1, 0.15) is 44.6 Å². The Morgan fingerprint density at radius 3 is 2.50 bits per heavy atom. The lowest BCUT2D eigenvalue weighted by atomic mass is 9.88. The van der Waals surface area contributed by atoms with Crippen LogP contribution < -0.4 is 4.74 Å². The third kappa shape index (κ3) is 4.59. The molecule has 26 heavy (non-hydrogen) atoms. The maximum absolute atomic E-state index is 11.8. The average molecular weight is 373 g/mol. The molecule has 2 aromatic carbocycles. The Kier molecular flexibility index (Phi) is 5.87. The van der Waals surface area contributed by atoms with Gasteiger partial charge in [0.05, 0.1) is 17.5 Å². The summed E-state index contributed by atoms with van der Waals surface area (Å²) in [4.78, 5) is 11.8. The Balaban J connectivity index is 2.04. The van der Waals surface area contributed by atoms with E-state index in [1.54, 1.807) is 6.07 Å². The smallest absolute Gasteiger partial charge is 0.310 e. The normalized spacial score (nSPS) is 15.1. The van der Waals surface area contributed by atoms with Gasteiger partial charge in [-0.15, -0.1) is 0 Å². The Morgan fingerprint density at radius 2 is 1.92 bits per heavy atom. The first-order valence-electron chi connectivity index (χ1n) is 9.20. The van der Waals surface area contributed by atoms with Crippen LogP contribution in [0.15, 0.2) is 42.5 Å². The number of carbonyl (C=O) groups is 1. The van der Waals surface area contributed by atoms with Crippen molar-refractivity contribution < 1.29 is 14.6 Å². The topological polar surface area (TPSA) is 46.5 Å². The van der Waals surface area contributed by atoms with Crippen LogP contribution in [-0.2, 0) is 4.79 Å². The van der Waals surface area contributed by atoms with Crippen LogP contribution in [0.25, 0.3) is 11.1 Å². The summed E-state index contributed by atoms with van der Waals surface area (Å²) in [6.45, 7) is 4.72. The van der Waals surface area contributed by atoms with Crippen LogP contribution in [0.3, 0.4) is 0 Å². The summed E-state index contributed by atoms with van der Waals surface area (Å²) in [5.74, 6) is 0.151. The van der Waals surface area contributed by atoms with E-state index in [9.17, 15) is 9.90 Å². The largest absolute Gasteiger partial charge is 0.491 e. The molecule has 0 aliphatic heterocycles. The van der Waals surface area contributed by atoms with Crippen molar-refractivity contribution in [3.63, 3.8) is 0 Å². The molecule has 0 amide bonds. The van der Waals surface area contributed by atoms with Crippen molar-refractivity contribution in [2.24, 2.45) is 11.8 Å². The highest BCUT2D eigenvalue weighted by molar-refractivity contribution is 6.32. The van der Waals surface area contributed by atoms with Crippen molar-refractivity contribution in [3.8, 4) is 16.9 Å². The van der Waals surface area contributed by atoms with Gasteiger partial charge >= 0.3 is 5.97 Å². The van der Waals surface area contributed by atoms with E-state index in [4.69, 9.17) is 16.3 Å². The molecular formula is C22H25ClO3. The summed E-state index contributed by atoms with van der Waals surface area (Å²) in [5, 5.41) is 10.2. The lowest BCUT2D eigenvalue weighted by Crippen LogP contribution is -2.14. The number of halogens is 1. The van der Waals surface area contributed by atoms with Crippen molar-refractivity contribution in [2.75, 3.05) is 6.61 Å². The van der Waals surface area contributed by atoms with Crippen molar-refractivity contribution >= 4 is 17.6 Å². The fourth-order valence-corrected chi connectivity index (χ4v) is 3.41. The van der Waals surface area contributed by atoms with E-state index >= 15 is 0 Å².